The molecule has 1 spiro atoms. The molecule has 1 saturated heterocycles. The molecule has 0 radical (unpaired) electrons. The van der Waals surface area contributed by atoms with E-state index in [0.29, 0.717) is 13.1 Å². The van der Waals surface area contributed by atoms with Crippen molar-refractivity contribution in [2.45, 2.75) is 31.7 Å². The second kappa shape index (κ2) is 5.33. The van der Waals surface area contributed by atoms with Gasteiger partial charge in [0.1, 0.15) is 11.3 Å². The molecule has 3 aromatic heterocycles. The lowest BCUT2D eigenvalue weighted by molar-refractivity contribution is 0.215. The van der Waals surface area contributed by atoms with E-state index < -0.39 is 0 Å². The summed E-state index contributed by atoms with van der Waals surface area (Å²) >= 11 is 3.80. The van der Waals surface area contributed by atoms with Crippen molar-refractivity contribution in [3.8, 4) is 11.3 Å². The van der Waals surface area contributed by atoms with Crippen molar-refractivity contribution in [3.63, 3.8) is 0 Å². The number of pyridine rings is 1. The SMILES string of the molecule is Cc1c[nH]c2ncc(-c3nn4c(c3Br)C3(CCN(C(N)=O)C3)CC4)cc12. The van der Waals surface area contributed by atoms with E-state index in [0.717, 1.165) is 46.1 Å². The highest BCUT2D eigenvalue weighted by molar-refractivity contribution is 9.10. The van der Waals surface area contributed by atoms with Gasteiger partial charge in [0.15, 0.2) is 0 Å². The predicted molar refractivity (Wildman–Crippen MR) is 102 cm³/mol. The van der Waals surface area contributed by atoms with Crippen molar-refractivity contribution in [1.29, 1.82) is 0 Å². The molecule has 7 nitrogen and oxygen atoms in total. The van der Waals surface area contributed by atoms with E-state index in [4.69, 9.17) is 10.8 Å². The fourth-order valence-corrected chi connectivity index (χ4v) is 5.39. The second-order valence-electron chi connectivity index (χ2n) is 7.37. The summed E-state index contributed by atoms with van der Waals surface area (Å²) in [6.07, 6.45) is 5.74. The van der Waals surface area contributed by atoms with Crippen LogP contribution in [0.1, 0.15) is 24.1 Å². The molecule has 1 atom stereocenters. The molecule has 8 heteroatoms. The average molecular weight is 415 g/mol. The highest BCUT2D eigenvalue weighted by atomic mass is 79.9. The number of fused-ring (bicyclic) bond motifs is 3. The van der Waals surface area contributed by atoms with Crippen molar-refractivity contribution in [2.75, 3.05) is 13.1 Å². The van der Waals surface area contributed by atoms with E-state index in [1.165, 1.54) is 11.3 Å². The molecule has 3 N–H and O–H groups in total. The van der Waals surface area contributed by atoms with Crippen molar-refractivity contribution < 1.29 is 4.79 Å². The number of aromatic nitrogens is 4. The van der Waals surface area contributed by atoms with Gasteiger partial charge in [0.2, 0.25) is 0 Å². The largest absolute Gasteiger partial charge is 0.351 e. The Bertz CT molecular complexity index is 1050. The number of amides is 2. The lowest BCUT2D eigenvalue weighted by Crippen LogP contribution is -2.36. The third-order valence-electron chi connectivity index (χ3n) is 5.88. The predicted octanol–water partition coefficient (Wildman–Crippen LogP) is 2.92. The van der Waals surface area contributed by atoms with Gasteiger partial charge in [0, 0.05) is 48.4 Å². The van der Waals surface area contributed by atoms with E-state index in [-0.39, 0.29) is 11.4 Å². The Morgan fingerprint density at radius 3 is 2.96 bits per heavy atom. The van der Waals surface area contributed by atoms with E-state index in [1.54, 1.807) is 4.90 Å². The molecule has 3 aromatic rings. The number of hydrogen-bond donors (Lipinski definition) is 2. The number of H-pyrrole nitrogens is 1. The Morgan fingerprint density at radius 1 is 1.38 bits per heavy atom. The number of hydrogen-bond acceptors (Lipinski definition) is 3. The molecular formula is C18H19BrN6O. The average Bonchev–Trinajstić information content (AvgIpc) is 3.36. The lowest BCUT2D eigenvalue weighted by atomic mass is 9.82. The van der Waals surface area contributed by atoms with Gasteiger partial charge in [-0.3, -0.25) is 4.68 Å². The summed E-state index contributed by atoms with van der Waals surface area (Å²) in [5, 5.41) is 5.96. The molecule has 2 aliphatic rings. The van der Waals surface area contributed by atoms with Crippen molar-refractivity contribution in [3.05, 3.63) is 34.2 Å². The molecule has 0 aromatic carbocycles. The van der Waals surface area contributed by atoms with Crippen molar-refractivity contribution in [1.82, 2.24) is 24.6 Å². The van der Waals surface area contributed by atoms with Gasteiger partial charge in [-0.1, -0.05) is 0 Å². The van der Waals surface area contributed by atoms with Crippen molar-refractivity contribution >= 4 is 33.0 Å². The zero-order chi connectivity index (χ0) is 18.1. The first-order chi connectivity index (χ1) is 12.5. The molecule has 2 amide bonds. The summed E-state index contributed by atoms with van der Waals surface area (Å²) < 4.78 is 3.09. The van der Waals surface area contributed by atoms with E-state index in [1.807, 2.05) is 12.4 Å². The maximum absolute atomic E-state index is 11.6. The molecule has 0 saturated carbocycles. The molecular weight excluding hydrogens is 396 g/mol. The molecule has 5 rings (SSSR count). The zero-order valence-corrected chi connectivity index (χ0v) is 16.0. The number of nitrogens with zero attached hydrogens (tertiary/aromatic N) is 4. The Labute approximate surface area is 158 Å². The number of aryl methyl sites for hydroxylation is 2. The van der Waals surface area contributed by atoms with Crippen molar-refractivity contribution in [2.24, 2.45) is 5.73 Å². The molecule has 0 aliphatic carbocycles. The first-order valence-corrected chi connectivity index (χ1v) is 9.53. The van der Waals surface area contributed by atoms with Gasteiger partial charge in [0.25, 0.3) is 0 Å². The highest BCUT2D eigenvalue weighted by Crippen LogP contribution is 2.48. The van der Waals surface area contributed by atoms with E-state index >= 15 is 0 Å². The minimum absolute atomic E-state index is 0.0549. The molecule has 2 aliphatic heterocycles. The monoisotopic (exact) mass is 414 g/mol. The maximum Gasteiger partial charge on any atom is 0.314 e. The van der Waals surface area contributed by atoms with Crippen LogP contribution in [0.2, 0.25) is 0 Å². The van der Waals surface area contributed by atoms with Crippen LogP contribution in [0.5, 0.6) is 0 Å². The van der Waals surface area contributed by atoms with Crippen LogP contribution in [0.4, 0.5) is 4.79 Å². The number of halogens is 1. The molecule has 1 fully saturated rings. The van der Waals surface area contributed by atoms with Crippen LogP contribution in [-0.2, 0) is 12.0 Å². The van der Waals surface area contributed by atoms with Gasteiger partial charge in [-0.05, 0) is 47.3 Å². The molecule has 26 heavy (non-hydrogen) atoms. The first kappa shape index (κ1) is 15.9. The van der Waals surface area contributed by atoms with Gasteiger partial charge < -0.3 is 15.6 Å². The third kappa shape index (κ3) is 2.08. The van der Waals surface area contributed by atoms with E-state index in [9.17, 15) is 4.79 Å². The first-order valence-electron chi connectivity index (χ1n) is 8.74. The van der Waals surface area contributed by atoms with Crippen LogP contribution in [0.3, 0.4) is 0 Å². The fraction of sp³-hybridized carbons (Fsp3) is 0.389. The summed E-state index contributed by atoms with van der Waals surface area (Å²) in [7, 11) is 0. The summed E-state index contributed by atoms with van der Waals surface area (Å²) in [4.78, 5) is 21.0. The Morgan fingerprint density at radius 2 is 2.19 bits per heavy atom. The Hall–Kier alpha value is -2.35. The second-order valence-corrected chi connectivity index (χ2v) is 8.16. The number of carbonyl (C=O) groups is 1. The standard InChI is InChI=1S/C18H19BrN6O/c1-10-7-21-16-12(10)6-11(8-22-16)14-13(19)15-18(3-5-25(15)23-14)2-4-24(9-18)17(20)26/h6-8H,2-5,9H2,1H3,(H2,20,26)(H,21,22). The molecule has 5 heterocycles. The normalized spacial score (nSPS) is 21.8. The number of rotatable bonds is 1. The van der Waals surface area contributed by atoms with Crippen LogP contribution >= 0.6 is 15.9 Å². The Balaban J connectivity index is 1.60. The molecule has 0 bridgehead atoms. The van der Waals surface area contributed by atoms with Gasteiger partial charge in [-0.15, -0.1) is 0 Å². The van der Waals surface area contributed by atoms with Crippen LogP contribution in [-0.4, -0.2) is 43.8 Å². The number of nitrogens with one attached hydrogen (secondary N) is 1. The number of nitrogens with two attached hydrogens (primary N) is 1. The minimum atomic E-state index is -0.339. The number of likely N-dealkylation sites (tertiary alicyclic amines) is 1. The number of primary amides is 1. The summed E-state index contributed by atoms with van der Waals surface area (Å²) in [5.74, 6) is 0. The number of carbonyl (C=O) groups excluding carboxylic acids is 1. The third-order valence-corrected chi connectivity index (χ3v) is 6.63. The van der Waals surface area contributed by atoms with Crippen LogP contribution < -0.4 is 5.73 Å². The smallest absolute Gasteiger partial charge is 0.314 e. The quantitative estimate of drug-likeness (QED) is 0.640. The summed E-state index contributed by atoms with van der Waals surface area (Å²) in [5.41, 5.74) is 10.6. The lowest BCUT2D eigenvalue weighted by Gasteiger charge is -2.23. The summed E-state index contributed by atoms with van der Waals surface area (Å²) in [6.45, 7) is 4.30. The van der Waals surface area contributed by atoms with Crippen LogP contribution in [0, 0.1) is 6.92 Å². The fourth-order valence-electron chi connectivity index (χ4n) is 4.45. The van der Waals surface area contributed by atoms with Crippen LogP contribution in [0.15, 0.2) is 22.9 Å². The van der Waals surface area contributed by atoms with Gasteiger partial charge in [0.05, 0.1) is 10.2 Å². The number of urea groups is 1. The van der Waals surface area contributed by atoms with Crippen LogP contribution in [0.25, 0.3) is 22.3 Å². The topological polar surface area (TPSA) is 92.8 Å². The summed E-state index contributed by atoms with van der Waals surface area (Å²) in [6, 6.07) is 1.79. The highest BCUT2D eigenvalue weighted by Gasteiger charge is 2.48. The van der Waals surface area contributed by atoms with E-state index in [2.05, 4.69) is 43.6 Å². The maximum atomic E-state index is 11.6. The molecule has 1 unspecified atom stereocenters. The number of aromatic amines is 1. The minimum Gasteiger partial charge on any atom is -0.351 e. The van der Waals surface area contributed by atoms with Gasteiger partial charge in [-0.2, -0.15) is 5.10 Å². The van der Waals surface area contributed by atoms with Gasteiger partial charge in [-0.25, -0.2) is 9.78 Å². The Kier molecular flexibility index (Phi) is 3.25. The van der Waals surface area contributed by atoms with Gasteiger partial charge >= 0.3 is 6.03 Å². The molecule has 134 valence electrons. The zero-order valence-electron chi connectivity index (χ0n) is 14.4.